The number of hydrogen-bond acceptors (Lipinski definition) is 3. The van der Waals surface area contributed by atoms with E-state index in [2.05, 4.69) is 11.8 Å². The van der Waals surface area contributed by atoms with Crippen LogP contribution in [-0.2, 0) is 9.68 Å². The summed E-state index contributed by atoms with van der Waals surface area (Å²) in [4.78, 5) is 14.2. The Morgan fingerprint density at radius 1 is 0.833 bits per heavy atom. The second-order valence-corrected chi connectivity index (χ2v) is 4.75. The third-order valence-corrected chi connectivity index (χ3v) is 3.09. The Morgan fingerprint density at radius 3 is 1.61 bits per heavy atom. The lowest BCUT2D eigenvalue weighted by Gasteiger charge is -2.01. The van der Waals surface area contributed by atoms with Crippen LogP contribution in [0.2, 0.25) is 0 Å². The van der Waals surface area contributed by atoms with Crippen LogP contribution in [-0.4, -0.2) is 34.3 Å². The van der Waals surface area contributed by atoms with Crippen molar-refractivity contribution < 1.29 is 14.9 Å². The van der Waals surface area contributed by atoms with Crippen molar-refractivity contribution in [3.63, 3.8) is 0 Å². The molecule has 0 radical (unpaired) electrons. The van der Waals surface area contributed by atoms with E-state index in [0.29, 0.717) is 6.42 Å². The van der Waals surface area contributed by atoms with E-state index in [9.17, 15) is 4.79 Å². The molecule has 0 aliphatic carbocycles. The first kappa shape index (κ1) is 20.5. The zero-order valence-electron chi connectivity index (χ0n) is 11.2. The van der Waals surface area contributed by atoms with Gasteiger partial charge in [0.2, 0.25) is 0 Å². The zero-order chi connectivity index (χ0) is 12.8. The highest BCUT2D eigenvalue weighted by atomic mass is 24.3. The first-order chi connectivity index (χ1) is 8.31. The van der Waals surface area contributed by atoms with Gasteiger partial charge in [0.05, 0.1) is 0 Å². The van der Waals surface area contributed by atoms with Gasteiger partial charge in [-0.3, -0.25) is 0 Å². The van der Waals surface area contributed by atoms with Crippen LogP contribution in [0.15, 0.2) is 0 Å². The average Bonchev–Trinajstić information content (AvgIpc) is 2.35. The molecule has 0 aliphatic heterocycles. The Balaban J connectivity index is 0. The van der Waals surface area contributed by atoms with Gasteiger partial charge in [-0.1, -0.05) is 71.1 Å². The molecule has 0 aromatic rings. The lowest BCUT2D eigenvalue weighted by Crippen LogP contribution is -1.99. The van der Waals surface area contributed by atoms with Gasteiger partial charge in [0.15, 0.2) is 0 Å². The van der Waals surface area contributed by atoms with Crippen molar-refractivity contribution in [2.75, 3.05) is 0 Å². The molecule has 4 heteroatoms. The molecule has 0 amide bonds. The lowest BCUT2D eigenvalue weighted by atomic mass is 10.1. The molecule has 0 fully saturated rings. The molecule has 0 aromatic heterocycles. The quantitative estimate of drug-likeness (QED) is 0.254. The van der Waals surface area contributed by atoms with Crippen molar-refractivity contribution in [1.29, 1.82) is 0 Å². The summed E-state index contributed by atoms with van der Waals surface area (Å²) in [5, 5.41) is 8.05. The third-order valence-electron chi connectivity index (χ3n) is 3.09. The minimum atomic E-state index is -0.513. The van der Waals surface area contributed by atoms with Crippen molar-refractivity contribution in [1.82, 2.24) is 0 Å². The Hall–Kier alpha value is 0.196. The molecule has 18 heavy (non-hydrogen) atoms. The predicted molar refractivity (Wildman–Crippen MR) is 78.3 cm³/mol. The molecule has 0 aliphatic rings. The molecule has 0 bridgehead atoms. The summed E-state index contributed by atoms with van der Waals surface area (Å²) in [5.74, 6) is -0.513. The van der Waals surface area contributed by atoms with Crippen LogP contribution in [0.25, 0.3) is 0 Å². The molecule has 3 nitrogen and oxygen atoms in total. The highest BCUT2D eigenvalue weighted by Crippen LogP contribution is 2.11. The van der Waals surface area contributed by atoms with Gasteiger partial charge < -0.3 is 4.89 Å². The van der Waals surface area contributed by atoms with E-state index in [1.807, 2.05) is 0 Å². The SMILES string of the molecule is CCCCCCCCCCCCCC(=O)OO.[MgH2]. The minimum absolute atomic E-state index is 0. The summed E-state index contributed by atoms with van der Waals surface area (Å²) in [7, 11) is 0. The largest absolute Gasteiger partial charge is 0.342 e. The fraction of sp³-hybridized carbons (Fsp3) is 0.929. The van der Waals surface area contributed by atoms with Gasteiger partial charge in [-0.25, -0.2) is 4.79 Å². The van der Waals surface area contributed by atoms with Crippen molar-refractivity contribution in [2.24, 2.45) is 0 Å². The summed E-state index contributed by atoms with van der Waals surface area (Å²) in [6.07, 6.45) is 14.2. The van der Waals surface area contributed by atoms with Crippen LogP contribution in [0, 0.1) is 0 Å². The summed E-state index contributed by atoms with van der Waals surface area (Å²) >= 11 is 0. The fourth-order valence-corrected chi connectivity index (χ4v) is 1.98. The van der Waals surface area contributed by atoms with Gasteiger partial charge in [-0.05, 0) is 6.42 Å². The Morgan fingerprint density at radius 2 is 1.22 bits per heavy atom. The third kappa shape index (κ3) is 16.2. The molecule has 0 heterocycles. The maximum Gasteiger partial charge on any atom is 0.342 e. The van der Waals surface area contributed by atoms with Crippen LogP contribution in [0.3, 0.4) is 0 Å². The first-order valence-electron chi connectivity index (χ1n) is 7.15. The summed E-state index contributed by atoms with van der Waals surface area (Å²) in [6, 6.07) is 0. The molecule has 0 atom stereocenters. The van der Waals surface area contributed by atoms with Crippen LogP contribution in [0.5, 0.6) is 0 Å². The number of unbranched alkanes of at least 4 members (excludes halogenated alkanes) is 10. The Kier molecular flexibility index (Phi) is 19.6. The molecule has 0 saturated carbocycles. The van der Waals surface area contributed by atoms with E-state index in [1.165, 1.54) is 57.8 Å². The van der Waals surface area contributed by atoms with Crippen molar-refractivity contribution in [2.45, 2.75) is 84.0 Å². The van der Waals surface area contributed by atoms with Crippen molar-refractivity contribution in [3.05, 3.63) is 0 Å². The van der Waals surface area contributed by atoms with Crippen LogP contribution in [0.4, 0.5) is 0 Å². The molecule has 1 N–H and O–H groups in total. The van der Waals surface area contributed by atoms with Gasteiger partial charge in [0.1, 0.15) is 0 Å². The van der Waals surface area contributed by atoms with Gasteiger partial charge >= 0.3 is 29.0 Å². The van der Waals surface area contributed by atoms with Crippen LogP contribution < -0.4 is 0 Å². The standard InChI is InChI=1S/C14H28O3.Mg.2H/c1-2-3-4-5-6-7-8-9-10-11-12-13-14(15)17-16;;;/h16H,2-13H2,1H3;;;. The predicted octanol–water partition coefficient (Wildman–Crippen LogP) is 3.79. The molecule has 0 spiro atoms. The van der Waals surface area contributed by atoms with Gasteiger partial charge in [-0.2, -0.15) is 5.26 Å². The second kappa shape index (κ2) is 17.2. The molecular formula is C14H30MgO3. The molecular weight excluding hydrogens is 240 g/mol. The fourth-order valence-electron chi connectivity index (χ4n) is 1.98. The minimum Gasteiger partial charge on any atom is -0.301 e. The smallest absolute Gasteiger partial charge is 0.301 e. The van der Waals surface area contributed by atoms with E-state index < -0.39 is 5.97 Å². The second-order valence-electron chi connectivity index (χ2n) is 4.75. The molecule has 106 valence electrons. The first-order valence-corrected chi connectivity index (χ1v) is 7.15. The molecule has 0 unspecified atom stereocenters. The number of rotatable bonds is 12. The van der Waals surface area contributed by atoms with E-state index in [1.54, 1.807) is 0 Å². The molecule has 0 saturated heterocycles. The van der Waals surface area contributed by atoms with E-state index in [-0.39, 0.29) is 23.1 Å². The Bertz CT molecular complexity index is 174. The van der Waals surface area contributed by atoms with Crippen molar-refractivity contribution >= 4 is 29.0 Å². The number of carbonyl (C=O) groups excluding carboxylic acids is 1. The van der Waals surface area contributed by atoms with Gasteiger partial charge in [-0.15, -0.1) is 0 Å². The number of hydrogen-bond donors (Lipinski definition) is 1. The van der Waals surface area contributed by atoms with Gasteiger partial charge in [0, 0.05) is 6.42 Å². The van der Waals surface area contributed by atoms with E-state index >= 15 is 0 Å². The van der Waals surface area contributed by atoms with Crippen LogP contribution >= 0.6 is 0 Å². The highest BCUT2D eigenvalue weighted by molar-refractivity contribution is 5.75. The topological polar surface area (TPSA) is 46.5 Å². The zero-order valence-corrected chi connectivity index (χ0v) is 11.2. The summed E-state index contributed by atoms with van der Waals surface area (Å²) in [5.41, 5.74) is 0. The van der Waals surface area contributed by atoms with Gasteiger partial charge in [0.25, 0.3) is 0 Å². The van der Waals surface area contributed by atoms with Crippen LogP contribution in [0.1, 0.15) is 84.0 Å². The monoisotopic (exact) mass is 270 g/mol. The normalized spacial score (nSPS) is 9.89. The highest BCUT2D eigenvalue weighted by Gasteiger charge is 2.00. The summed E-state index contributed by atoms with van der Waals surface area (Å²) in [6.45, 7) is 2.24. The van der Waals surface area contributed by atoms with E-state index in [0.717, 1.165) is 12.8 Å². The van der Waals surface area contributed by atoms with E-state index in [4.69, 9.17) is 5.26 Å². The van der Waals surface area contributed by atoms with Crippen molar-refractivity contribution in [3.8, 4) is 0 Å². The lowest BCUT2D eigenvalue weighted by molar-refractivity contribution is -0.234. The maximum atomic E-state index is 10.6. The maximum absolute atomic E-state index is 10.6. The average molecular weight is 271 g/mol. The molecule has 0 aromatic carbocycles. The Labute approximate surface area is 128 Å². The molecule has 0 rings (SSSR count). The number of carbonyl (C=O) groups is 1. The summed E-state index contributed by atoms with van der Waals surface area (Å²) < 4.78 is 0.